The van der Waals surface area contributed by atoms with Gasteiger partial charge in [-0.05, 0) is 61.4 Å². The highest BCUT2D eigenvalue weighted by atomic mass is 19.1. The van der Waals surface area contributed by atoms with Gasteiger partial charge in [0.05, 0.1) is 0 Å². The fourth-order valence-corrected chi connectivity index (χ4v) is 3.76. The van der Waals surface area contributed by atoms with Gasteiger partial charge in [-0.1, -0.05) is 35.9 Å². The maximum Gasteiger partial charge on any atom is 0.323 e. The van der Waals surface area contributed by atoms with Crippen LogP contribution in [0.15, 0.2) is 66.7 Å². The fourth-order valence-electron chi connectivity index (χ4n) is 3.76. The molecule has 0 aliphatic carbocycles. The summed E-state index contributed by atoms with van der Waals surface area (Å²) in [5.74, 6) is 0.176. The predicted molar refractivity (Wildman–Crippen MR) is 115 cm³/mol. The molecule has 3 aromatic carbocycles. The Hall–Kier alpha value is -3.60. The second-order valence-electron chi connectivity index (χ2n) is 7.40. The van der Waals surface area contributed by atoms with E-state index in [4.69, 9.17) is 4.74 Å². The van der Waals surface area contributed by atoms with E-state index in [1.807, 2.05) is 62.4 Å². The first-order valence-corrected chi connectivity index (χ1v) is 9.74. The predicted octanol–water partition coefficient (Wildman–Crippen LogP) is 5.86. The quantitative estimate of drug-likeness (QED) is 0.438. The van der Waals surface area contributed by atoms with E-state index < -0.39 is 5.97 Å². The number of benzene rings is 3. The summed E-state index contributed by atoms with van der Waals surface area (Å²) >= 11 is 0. The van der Waals surface area contributed by atoms with Crippen LogP contribution in [0, 0.1) is 19.7 Å². The summed E-state index contributed by atoms with van der Waals surface area (Å²) in [6.07, 6.45) is 0.500. The van der Waals surface area contributed by atoms with Gasteiger partial charge in [0.1, 0.15) is 23.9 Å². The van der Waals surface area contributed by atoms with Gasteiger partial charge in [0.25, 0.3) is 0 Å². The Morgan fingerprint density at radius 2 is 1.77 bits per heavy atom. The standard InChI is InChI=1S/C25H22FNO3/c1-16-7-10-20(11-8-16)30-24-6-4-3-5-18(24)13-21-17(2)27(15-25(28)29)23-12-9-19(26)14-22(21)23/h3-12,14H,13,15H2,1-2H3,(H,28,29). The van der Waals surface area contributed by atoms with Gasteiger partial charge < -0.3 is 14.4 Å². The van der Waals surface area contributed by atoms with Crippen LogP contribution in [-0.4, -0.2) is 15.6 Å². The first kappa shape index (κ1) is 19.7. The summed E-state index contributed by atoms with van der Waals surface area (Å²) in [5, 5.41) is 10.0. The van der Waals surface area contributed by atoms with Crippen LogP contribution in [0.3, 0.4) is 0 Å². The smallest absolute Gasteiger partial charge is 0.323 e. The van der Waals surface area contributed by atoms with Crippen molar-refractivity contribution in [3.63, 3.8) is 0 Å². The average Bonchev–Trinajstić information content (AvgIpc) is 2.96. The topological polar surface area (TPSA) is 51.5 Å². The Balaban J connectivity index is 1.76. The third-order valence-corrected chi connectivity index (χ3v) is 5.30. The Kier molecular flexibility index (Phi) is 5.27. The van der Waals surface area contributed by atoms with Crippen molar-refractivity contribution in [2.24, 2.45) is 0 Å². The number of carbonyl (C=O) groups is 1. The lowest BCUT2D eigenvalue weighted by Gasteiger charge is -2.12. The molecule has 0 aliphatic rings. The van der Waals surface area contributed by atoms with Crippen molar-refractivity contribution in [2.45, 2.75) is 26.8 Å². The monoisotopic (exact) mass is 403 g/mol. The van der Waals surface area contributed by atoms with Crippen LogP contribution in [0.1, 0.15) is 22.4 Å². The maximum absolute atomic E-state index is 14.0. The number of para-hydroxylation sites is 1. The summed E-state index contributed by atoms with van der Waals surface area (Å²) in [4.78, 5) is 11.4. The molecular weight excluding hydrogens is 381 g/mol. The van der Waals surface area contributed by atoms with E-state index in [1.165, 1.54) is 12.1 Å². The van der Waals surface area contributed by atoms with Gasteiger partial charge >= 0.3 is 5.97 Å². The molecule has 0 saturated carbocycles. The van der Waals surface area contributed by atoms with E-state index >= 15 is 0 Å². The molecule has 1 aromatic heterocycles. The van der Waals surface area contributed by atoms with Crippen LogP contribution in [0.5, 0.6) is 11.5 Å². The highest BCUT2D eigenvalue weighted by Gasteiger charge is 2.18. The zero-order valence-electron chi connectivity index (χ0n) is 16.9. The minimum absolute atomic E-state index is 0.171. The molecule has 4 nitrogen and oxygen atoms in total. The molecule has 0 unspecified atom stereocenters. The summed E-state index contributed by atoms with van der Waals surface area (Å²) in [7, 11) is 0. The van der Waals surface area contributed by atoms with Crippen molar-refractivity contribution in [2.75, 3.05) is 0 Å². The molecule has 152 valence electrons. The zero-order valence-corrected chi connectivity index (χ0v) is 16.9. The van der Waals surface area contributed by atoms with E-state index in [2.05, 4.69) is 0 Å². The van der Waals surface area contributed by atoms with Crippen LogP contribution in [0.4, 0.5) is 4.39 Å². The molecule has 0 bridgehead atoms. The van der Waals surface area contributed by atoms with Gasteiger partial charge in [-0.3, -0.25) is 4.79 Å². The summed E-state index contributed by atoms with van der Waals surface area (Å²) < 4.78 is 21.8. The zero-order chi connectivity index (χ0) is 21.3. The molecule has 0 fully saturated rings. The summed E-state index contributed by atoms with van der Waals surface area (Å²) in [6.45, 7) is 3.72. The molecule has 0 radical (unpaired) electrons. The fraction of sp³-hybridized carbons (Fsp3) is 0.160. The van der Waals surface area contributed by atoms with Crippen molar-refractivity contribution in [1.29, 1.82) is 0 Å². The minimum atomic E-state index is -0.936. The number of carboxylic acids is 1. The van der Waals surface area contributed by atoms with Gasteiger partial charge in [-0.25, -0.2) is 4.39 Å². The number of carboxylic acid groups (broad SMARTS) is 1. The van der Waals surface area contributed by atoms with Crippen molar-refractivity contribution < 1.29 is 19.0 Å². The SMILES string of the molecule is Cc1ccc(Oc2ccccc2Cc2c(C)n(CC(=O)O)c3ccc(F)cc23)cc1. The highest BCUT2D eigenvalue weighted by Crippen LogP contribution is 2.33. The lowest BCUT2D eigenvalue weighted by molar-refractivity contribution is -0.137. The average molecular weight is 403 g/mol. The Morgan fingerprint density at radius 3 is 2.50 bits per heavy atom. The third kappa shape index (κ3) is 3.92. The number of hydrogen-bond donors (Lipinski definition) is 1. The van der Waals surface area contributed by atoms with Gasteiger partial charge in [-0.15, -0.1) is 0 Å². The van der Waals surface area contributed by atoms with E-state index in [0.717, 1.165) is 39.3 Å². The van der Waals surface area contributed by atoms with Gasteiger partial charge in [0, 0.05) is 23.0 Å². The Bertz CT molecular complexity index is 1230. The number of fused-ring (bicyclic) bond motifs is 1. The Morgan fingerprint density at radius 1 is 1.03 bits per heavy atom. The first-order chi connectivity index (χ1) is 14.4. The molecule has 30 heavy (non-hydrogen) atoms. The van der Waals surface area contributed by atoms with E-state index in [9.17, 15) is 14.3 Å². The van der Waals surface area contributed by atoms with E-state index in [-0.39, 0.29) is 12.4 Å². The number of halogens is 1. The van der Waals surface area contributed by atoms with E-state index in [0.29, 0.717) is 11.9 Å². The lowest BCUT2D eigenvalue weighted by Crippen LogP contribution is -2.10. The molecule has 0 atom stereocenters. The van der Waals surface area contributed by atoms with Crippen LogP contribution >= 0.6 is 0 Å². The van der Waals surface area contributed by atoms with Crippen LogP contribution in [-0.2, 0) is 17.8 Å². The number of aliphatic carboxylic acids is 1. The number of hydrogen-bond acceptors (Lipinski definition) is 2. The largest absolute Gasteiger partial charge is 0.480 e. The van der Waals surface area contributed by atoms with Crippen molar-refractivity contribution in [3.8, 4) is 11.5 Å². The molecule has 4 rings (SSSR count). The molecule has 5 heteroatoms. The molecule has 1 N–H and O–H groups in total. The van der Waals surface area contributed by atoms with Gasteiger partial charge in [0.2, 0.25) is 0 Å². The minimum Gasteiger partial charge on any atom is -0.480 e. The molecule has 0 saturated heterocycles. The second-order valence-corrected chi connectivity index (χ2v) is 7.40. The number of nitrogens with zero attached hydrogens (tertiary/aromatic N) is 1. The highest BCUT2D eigenvalue weighted by molar-refractivity contribution is 5.87. The van der Waals surface area contributed by atoms with Crippen molar-refractivity contribution >= 4 is 16.9 Å². The van der Waals surface area contributed by atoms with Gasteiger partial charge in [-0.2, -0.15) is 0 Å². The molecule has 1 heterocycles. The van der Waals surface area contributed by atoms with Crippen LogP contribution < -0.4 is 4.74 Å². The first-order valence-electron chi connectivity index (χ1n) is 9.74. The lowest BCUT2D eigenvalue weighted by atomic mass is 10.0. The van der Waals surface area contributed by atoms with Crippen molar-refractivity contribution in [1.82, 2.24) is 4.57 Å². The maximum atomic E-state index is 14.0. The second kappa shape index (κ2) is 8.03. The number of rotatable bonds is 6. The Labute approximate surface area is 174 Å². The van der Waals surface area contributed by atoms with E-state index in [1.54, 1.807) is 10.6 Å². The van der Waals surface area contributed by atoms with Gasteiger partial charge in [0.15, 0.2) is 0 Å². The third-order valence-electron chi connectivity index (χ3n) is 5.30. The normalized spacial score (nSPS) is 11.0. The molecule has 0 aliphatic heterocycles. The van der Waals surface area contributed by atoms with Crippen LogP contribution in [0.2, 0.25) is 0 Å². The van der Waals surface area contributed by atoms with Crippen molar-refractivity contribution in [3.05, 3.63) is 94.9 Å². The molecule has 4 aromatic rings. The summed E-state index contributed by atoms with van der Waals surface area (Å²) in [6, 6.07) is 20.0. The molecule has 0 amide bonds. The number of ether oxygens (including phenoxy) is 1. The molecular formula is C25H22FNO3. The number of aryl methyl sites for hydroxylation is 1. The summed E-state index contributed by atoms with van der Waals surface area (Å²) in [5.41, 5.74) is 4.51. The molecule has 0 spiro atoms. The van der Waals surface area contributed by atoms with Crippen LogP contribution in [0.25, 0.3) is 10.9 Å². The number of aromatic nitrogens is 1.